The van der Waals surface area contributed by atoms with E-state index >= 15 is 0 Å². The Morgan fingerprint density at radius 3 is 2.32 bits per heavy atom. The predicted octanol–water partition coefficient (Wildman–Crippen LogP) is 0.517. The van der Waals surface area contributed by atoms with Gasteiger partial charge in [-0.2, -0.15) is 0 Å². The van der Waals surface area contributed by atoms with Crippen LogP contribution in [0.25, 0.3) is 0 Å². The first-order valence-electron chi connectivity index (χ1n) is 9.25. The van der Waals surface area contributed by atoms with Crippen LogP contribution in [0.3, 0.4) is 0 Å². The number of benzene rings is 1. The van der Waals surface area contributed by atoms with E-state index in [0.717, 1.165) is 50.9 Å². The van der Waals surface area contributed by atoms with Gasteiger partial charge in [-0.25, -0.2) is 0 Å². The van der Waals surface area contributed by atoms with Crippen molar-refractivity contribution in [1.82, 2.24) is 4.90 Å². The summed E-state index contributed by atoms with van der Waals surface area (Å²) < 4.78 is 11.2. The lowest BCUT2D eigenvalue weighted by Gasteiger charge is -2.27. The molecule has 1 aliphatic rings. The first-order valence-corrected chi connectivity index (χ1v) is 9.25. The molecular formula is C20H32ClNO3. The second-order valence-electron chi connectivity index (χ2n) is 6.43. The highest BCUT2D eigenvalue weighted by molar-refractivity contribution is 5.83. The van der Waals surface area contributed by atoms with Crippen LogP contribution in [0.4, 0.5) is 0 Å². The highest BCUT2D eigenvalue weighted by Gasteiger charge is 2.43. The molecule has 0 aliphatic heterocycles. The molecule has 0 spiro atoms. The third-order valence-corrected chi connectivity index (χ3v) is 5.08. The summed E-state index contributed by atoms with van der Waals surface area (Å²) in [5.74, 6) is -0.0847. The second-order valence-corrected chi connectivity index (χ2v) is 6.43. The summed E-state index contributed by atoms with van der Waals surface area (Å²) in [6, 6.07) is 10.1. The minimum atomic E-state index is -0.442. The summed E-state index contributed by atoms with van der Waals surface area (Å²) >= 11 is 0. The Balaban J connectivity index is 0.00000312. The van der Waals surface area contributed by atoms with Gasteiger partial charge in [-0.1, -0.05) is 57.0 Å². The number of likely N-dealkylation sites (N-methyl/N-ethyl adjacent to an activating group) is 1. The molecule has 1 aliphatic carbocycles. The fourth-order valence-electron chi connectivity index (χ4n) is 3.51. The summed E-state index contributed by atoms with van der Waals surface area (Å²) in [7, 11) is 0. The van der Waals surface area contributed by atoms with Crippen LogP contribution in [0, 0.1) is 0 Å². The summed E-state index contributed by atoms with van der Waals surface area (Å²) in [6.07, 6.45) is 3.95. The second kappa shape index (κ2) is 11.5. The summed E-state index contributed by atoms with van der Waals surface area (Å²) in [4.78, 5) is 15.0. The molecule has 0 bridgehead atoms. The molecule has 0 N–H and O–H groups in total. The van der Waals surface area contributed by atoms with E-state index in [-0.39, 0.29) is 19.8 Å². The zero-order valence-corrected chi connectivity index (χ0v) is 16.3. The summed E-state index contributed by atoms with van der Waals surface area (Å²) in [5.41, 5.74) is 0.651. The Morgan fingerprint density at radius 1 is 1.08 bits per heavy atom. The number of hydrogen-bond donors (Lipinski definition) is 0. The first-order chi connectivity index (χ1) is 11.7. The summed E-state index contributed by atoms with van der Waals surface area (Å²) in [5, 5.41) is 0. The lowest BCUT2D eigenvalue weighted by atomic mass is 9.79. The molecule has 4 nitrogen and oxygen atoms in total. The van der Waals surface area contributed by atoms with Crippen LogP contribution in [-0.2, 0) is 19.7 Å². The molecule has 0 saturated heterocycles. The van der Waals surface area contributed by atoms with Crippen molar-refractivity contribution in [3.63, 3.8) is 0 Å². The summed E-state index contributed by atoms with van der Waals surface area (Å²) in [6.45, 7) is 8.79. The molecule has 1 aromatic rings. The molecule has 1 aromatic carbocycles. The molecular weight excluding hydrogens is 338 g/mol. The Labute approximate surface area is 159 Å². The number of carbonyl (C=O) groups is 1. The van der Waals surface area contributed by atoms with Crippen LogP contribution in [0.2, 0.25) is 0 Å². The van der Waals surface area contributed by atoms with Gasteiger partial charge in [0.15, 0.2) is 0 Å². The fraction of sp³-hybridized carbons (Fsp3) is 0.650. The topological polar surface area (TPSA) is 38.8 Å². The van der Waals surface area contributed by atoms with Crippen molar-refractivity contribution in [2.75, 3.05) is 39.5 Å². The number of nitrogens with zero attached hydrogens (tertiary/aromatic N) is 1. The molecule has 0 unspecified atom stereocenters. The number of rotatable bonds is 10. The SMILES string of the molecule is CCN(CC)CCOCCOC(=O)C1(c2ccccc2)CCCC1.[Cl-].[H+]. The van der Waals surface area contributed by atoms with Crippen molar-refractivity contribution in [3.05, 3.63) is 35.9 Å². The van der Waals surface area contributed by atoms with E-state index < -0.39 is 5.41 Å². The zero-order chi connectivity index (χ0) is 17.3. The standard InChI is InChI=1S/C20H31NO3.ClH/c1-3-21(4-2)14-15-23-16-17-24-19(22)20(12-8-9-13-20)18-10-6-5-7-11-18;/h5-7,10-11H,3-4,8-9,12-17H2,1-2H3;1H. The lowest BCUT2D eigenvalue weighted by Crippen LogP contribution is -3.00. The normalized spacial score (nSPS) is 15.8. The largest absolute Gasteiger partial charge is 1.00 e. The Kier molecular flexibility index (Phi) is 10.1. The number of hydrogen-bond acceptors (Lipinski definition) is 4. The third-order valence-electron chi connectivity index (χ3n) is 5.08. The van der Waals surface area contributed by atoms with E-state index in [1.807, 2.05) is 30.3 Å². The Morgan fingerprint density at radius 2 is 1.72 bits per heavy atom. The molecule has 25 heavy (non-hydrogen) atoms. The van der Waals surface area contributed by atoms with Gasteiger partial charge in [0.1, 0.15) is 6.61 Å². The van der Waals surface area contributed by atoms with Crippen LogP contribution in [0.1, 0.15) is 46.5 Å². The van der Waals surface area contributed by atoms with Crippen LogP contribution in [0.5, 0.6) is 0 Å². The smallest absolute Gasteiger partial charge is 1.00 e. The number of esters is 1. The van der Waals surface area contributed by atoms with Gasteiger partial charge in [-0.15, -0.1) is 0 Å². The van der Waals surface area contributed by atoms with Gasteiger partial charge >= 0.3 is 7.40 Å². The highest BCUT2D eigenvalue weighted by atomic mass is 35.5. The van der Waals surface area contributed by atoms with Crippen molar-refractivity contribution in [2.45, 2.75) is 44.9 Å². The van der Waals surface area contributed by atoms with Gasteiger partial charge in [0.05, 0.1) is 18.6 Å². The quantitative estimate of drug-likeness (QED) is 0.445. The molecule has 142 valence electrons. The molecule has 0 radical (unpaired) electrons. The van der Waals surface area contributed by atoms with E-state index in [2.05, 4.69) is 18.7 Å². The van der Waals surface area contributed by atoms with Gasteiger partial charge in [0.25, 0.3) is 0 Å². The number of carbonyl (C=O) groups excluding carboxylic acids is 1. The molecule has 0 heterocycles. The maximum absolute atomic E-state index is 12.7. The average molecular weight is 370 g/mol. The Bertz CT molecular complexity index is 491. The van der Waals surface area contributed by atoms with E-state index in [4.69, 9.17) is 9.47 Å². The van der Waals surface area contributed by atoms with Crippen molar-refractivity contribution in [2.24, 2.45) is 0 Å². The number of halogens is 1. The molecule has 1 saturated carbocycles. The van der Waals surface area contributed by atoms with Crippen molar-refractivity contribution in [3.8, 4) is 0 Å². The van der Waals surface area contributed by atoms with E-state index in [1.54, 1.807) is 0 Å². The molecule has 5 heteroatoms. The number of ether oxygens (including phenoxy) is 2. The minimum Gasteiger partial charge on any atom is -1.00 e. The van der Waals surface area contributed by atoms with Gasteiger partial charge in [0.2, 0.25) is 0 Å². The van der Waals surface area contributed by atoms with E-state index in [0.29, 0.717) is 19.8 Å². The maximum atomic E-state index is 12.7. The van der Waals surface area contributed by atoms with E-state index in [9.17, 15) is 4.79 Å². The molecule has 0 aromatic heterocycles. The lowest BCUT2D eigenvalue weighted by molar-refractivity contribution is -0.152. The van der Waals surface area contributed by atoms with Gasteiger partial charge in [-0.05, 0) is 31.5 Å². The fourth-order valence-corrected chi connectivity index (χ4v) is 3.51. The van der Waals surface area contributed by atoms with Crippen LogP contribution in [-0.4, -0.2) is 50.3 Å². The van der Waals surface area contributed by atoms with Crippen LogP contribution in [0.15, 0.2) is 30.3 Å². The van der Waals surface area contributed by atoms with Gasteiger partial charge < -0.3 is 26.8 Å². The molecule has 0 atom stereocenters. The Hall–Kier alpha value is -1.10. The molecule has 0 amide bonds. The zero-order valence-electron chi connectivity index (χ0n) is 16.5. The maximum Gasteiger partial charge on any atom is 1.00 e. The van der Waals surface area contributed by atoms with Crippen molar-refractivity contribution in [1.29, 1.82) is 0 Å². The first kappa shape index (κ1) is 21.9. The molecule has 1 fully saturated rings. The highest BCUT2D eigenvalue weighted by Crippen LogP contribution is 2.42. The molecule has 2 rings (SSSR count). The van der Waals surface area contributed by atoms with Gasteiger partial charge in [0, 0.05) is 6.54 Å². The third kappa shape index (κ3) is 5.98. The van der Waals surface area contributed by atoms with Crippen molar-refractivity contribution >= 4 is 5.97 Å². The van der Waals surface area contributed by atoms with Crippen LogP contribution >= 0.6 is 0 Å². The van der Waals surface area contributed by atoms with E-state index in [1.165, 1.54) is 0 Å². The monoisotopic (exact) mass is 369 g/mol. The predicted molar refractivity (Wildman–Crippen MR) is 97.3 cm³/mol. The minimum absolute atomic E-state index is 0. The van der Waals surface area contributed by atoms with Gasteiger partial charge in [-0.3, -0.25) is 4.79 Å². The van der Waals surface area contributed by atoms with Crippen LogP contribution < -0.4 is 12.4 Å². The van der Waals surface area contributed by atoms with Crippen molar-refractivity contribution < 1.29 is 28.1 Å². The average Bonchev–Trinajstić information content (AvgIpc) is 3.13.